The molecule has 1 amide bonds. The van der Waals surface area contributed by atoms with Crippen LogP contribution in [0.1, 0.15) is 18.0 Å². The second-order valence-corrected chi connectivity index (χ2v) is 3.35. The molecule has 1 atom stereocenters. The number of H-pyrrole nitrogens is 1. The monoisotopic (exact) mass is 252 g/mol. The molecule has 1 aromatic rings. The summed E-state index contributed by atoms with van der Waals surface area (Å²) in [5, 5.41) is 17.5. The Kier molecular flexibility index (Phi) is 3.63. The number of aliphatic carboxylic acids is 1. The highest BCUT2D eigenvalue weighted by molar-refractivity contribution is 5.82. The van der Waals surface area contributed by atoms with Gasteiger partial charge in [0, 0.05) is 6.20 Å². The van der Waals surface area contributed by atoms with E-state index in [0.717, 1.165) is 6.20 Å². The predicted octanol–water partition coefficient (Wildman–Crippen LogP) is -2.09. The molecule has 0 aromatic carbocycles. The summed E-state index contributed by atoms with van der Waals surface area (Å²) in [6.45, 7) is 0. The van der Waals surface area contributed by atoms with Crippen molar-refractivity contribution in [1.82, 2.24) is 9.55 Å². The van der Waals surface area contributed by atoms with Crippen molar-refractivity contribution in [3.63, 3.8) is 0 Å². The van der Waals surface area contributed by atoms with Crippen LogP contribution in [0.25, 0.3) is 0 Å². The topological polar surface area (TPSA) is 159 Å². The van der Waals surface area contributed by atoms with E-state index in [0.29, 0.717) is 4.57 Å². The molecule has 1 unspecified atom stereocenters. The van der Waals surface area contributed by atoms with Crippen molar-refractivity contribution in [3.05, 3.63) is 32.6 Å². The molecule has 1 aromatic heterocycles. The number of rotatable bonds is 4. The fraction of sp³-hybridized carbons (Fsp3) is 0.222. The number of primary amides is 1. The van der Waals surface area contributed by atoms with Crippen molar-refractivity contribution in [1.29, 1.82) is 5.26 Å². The molecule has 18 heavy (non-hydrogen) atoms. The molecule has 0 aliphatic heterocycles. The Labute approximate surface area is 99.1 Å². The molecule has 0 fully saturated rings. The van der Waals surface area contributed by atoms with E-state index in [2.05, 4.69) is 0 Å². The van der Waals surface area contributed by atoms with Crippen LogP contribution < -0.4 is 17.0 Å². The fourth-order valence-electron chi connectivity index (χ4n) is 1.29. The summed E-state index contributed by atoms with van der Waals surface area (Å²) in [6, 6.07) is -0.0730. The van der Waals surface area contributed by atoms with Gasteiger partial charge in [-0.05, 0) is 0 Å². The van der Waals surface area contributed by atoms with Crippen LogP contribution in [0.2, 0.25) is 0 Å². The maximum absolute atomic E-state index is 11.4. The summed E-state index contributed by atoms with van der Waals surface area (Å²) in [6.07, 6.45) is 0.148. The van der Waals surface area contributed by atoms with Crippen LogP contribution >= 0.6 is 0 Å². The maximum Gasteiger partial charge on any atom is 0.329 e. The van der Waals surface area contributed by atoms with E-state index in [4.69, 9.17) is 16.1 Å². The lowest BCUT2D eigenvalue weighted by molar-refractivity contribution is -0.142. The Morgan fingerprint density at radius 2 is 2.17 bits per heavy atom. The van der Waals surface area contributed by atoms with Gasteiger partial charge in [0.05, 0.1) is 6.42 Å². The van der Waals surface area contributed by atoms with Gasteiger partial charge in [-0.3, -0.25) is 19.1 Å². The van der Waals surface area contributed by atoms with Gasteiger partial charge in [-0.2, -0.15) is 5.26 Å². The Morgan fingerprint density at radius 1 is 1.56 bits per heavy atom. The second-order valence-electron chi connectivity index (χ2n) is 3.35. The van der Waals surface area contributed by atoms with Crippen molar-refractivity contribution in [2.45, 2.75) is 12.5 Å². The van der Waals surface area contributed by atoms with Crippen molar-refractivity contribution in [2.24, 2.45) is 5.73 Å². The molecule has 94 valence electrons. The number of carboxylic acid groups (broad SMARTS) is 1. The Hall–Kier alpha value is -2.89. The number of nitrogens with two attached hydrogens (primary N) is 1. The van der Waals surface area contributed by atoms with Crippen molar-refractivity contribution < 1.29 is 14.7 Å². The molecule has 0 aliphatic rings. The first-order valence-electron chi connectivity index (χ1n) is 4.63. The normalized spacial score (nSPS) is 11.5. The molecule has 9 heteroatoms. The predicted molar refractivity (Wildman–Crippen MR) is 56.5 cm³/mol. The Bertz CT molecular complexity index is 650. The fourth-order valence-corrected chi connectivity index (χ4v) is 1.29. The van der Waals surface area contributed by atoms with Crippen LogP contribution in [0.5, 0.6) is 0 Å². The lowest BCUT2D eigenvalue weighted by Crippen LogP contribution is -2.37. The highest BCUT2D eigenvalue weighted by Crippen LogP contribution is 2.08. The first kappa shape index (κ1) is 13.2. The van der Waals surface area contributed by atoms with E-state index in [-0.39, 0.29) is 0 Å². The number of nitriles is 1. The molecule has 4 N–H and O–H groups in total. The van der Waals surface area contributed by atoms with Crippen molar-refractivity contribution in [2.75, 3.05) is 0 Å². The van der Waals surface area contributed by atoms with E-state index >= 15 is 0 Å². The smallest absolute Gasteiger partial charge is 0.329 e. The zero-order chi connectivity index (χ0) is 13.9. The first-order chi connectivity index (χ1) is 8.36. The highest BCUT2D eigenvalue weighted by atomic mass is 16.4. The van der Waals surface area contributed by atoms with Gasteiger partial charge in [0.1, 0.15) is 17.7 Å². The summed E-state index contributed by atoms with van der Waals surface area (Å²) in [5.41, 5.74) is 2.46. The molecule has 0 bridgehead atoms. The van der Waals surface area contributed by atoms with Gasteiger partial charge in [0.15, 0.2) is 0 Å². The van der Waals surface area contributed by atoms with Gasteiger partial charge < -0.3 is 10.8 Å². The van der Waals surface area contributed by atoms with Crippen LogP contribution in [-0.2, 0) is 9.59 Å². The molecule has 0 radical (unpaired) electrons. The number of amides is 1. The molecule has 0 spiro atoms. The molecule has 9 nitrogen and oxygen atoms in total. The van der Waals surface area contributed by atoms with E-state index in [1.807, 2.05) is 0 Å². The average Bonchev–Trinajstić information content (AvgIpc) is 2.26. The number of hydrogen-bond donors (Lipinski definition) is 3. The number of nitrogens with one attached hydrogen (secondary N) is 1. The summed E-state index contributed by atoms with van der Waals surface area (Å²) < 4.78 is 0.576. The minimum atomic E-state index is -1.57. The van der Waals surface area contributed by atoms with Gasteiger partial charge in [-0.15, -0.1) is 0 Å². The van der Waals surface area contributed by atoms with Crippen LogP contribution in [0.3, 0.4) is 0 Å². The van der Waals surface area contributed by atoms with E-state index in [1.165, 1.54) is 6.07 Å². The summed E-state index contributed by atoms with van der Waals surface area (Å²) in [7, 11) is 0. The molecule has 0 aliphatic carbocycles. The van der Waals surface area contributed by atoms with Gasteiger partial charge in [-0.25, -0.2) is 9.59 Å². The first-order valence-corrected chi connectivity index (χ1v) is 4.63. The van der Waals surface area contributed by atoms with E-state index in [1.54, 1.807) is 4.98 Å². The quantitative estimate of drug-likeness (QED) is 0.556. The molecular formula is C9H8N4O5. The molecular weight excluding hydrogens is 244 g/mol. The Morgan fingerprint density at radius 3 is 2.61 bits per heavy atom. The summed E-state index contributed by atoms with van der Waals surface area (Å²) in [4.78, 5) is 46.0. The van der Waals surface area contributed by atoms with Crippen molar-refractivity contribution >= 4 is 11.9 Å². The minimum absolute atomic E-state index is 0.440. The van der Waals surface area contributed by atoms with Crippen LogP contribution in [0.4, 0.5) is 0 Å². The largest absolute Gasteiger partial charge is 0.480 e. The second kappa shape index (κ2) is 4.96. The Balaban J connectivity index is 3.42. The van der Waals surface area contributed by atoms with E-state index in [9.17, 15) is 19.2 Å². The van der Waals surface area contributed by atoms with Crippen LogP contribution in [0.15, 0.2) is 15.8 Å². The standard InChI is InChI=1S/C9H8N4O5/c10-2-4-3-13(9(18)12-7(4)15)5(8(16)17)1-6(11)14/h3,5H,1H2,(H2,11,14)(H,16,17)(H,12,15,18). The molecule has 1 rings (SSSR count). The van der Waals surface area contributed by atoms with Crippen molar-refractivity contribution in [3.8, 4) is 6.07 Å². The number of hydrogen-bond acceptors (Lipinski definition) is 5. The zero-order valence-corrected chi connectivity index (χ0v) is 8.91. The third kappa shape index (κ3) is 2.62. The number of aromatic nitrogens is 2. The lowest BCUT2D eigenvalue weighted by Gasteiger charge is -2.13. The third-order valence-corrected chi connectivity index (χ3v) is 2.10. The SMILES string of the molecule is N#Cc1cn(C(CC(N)=O)C(=O)O)c(=O)[nH]c1=O. The summed E-state index contributed by atoms with van der Waals surface area (Å²) in [5.74, 6) is -2.41. The van der Waals surface area contributed by atoms with Crippen LogP contribution in [-0.4, -0.2) is 26.5 Å². The number of carboxylic acids is 1. The number of nitrogens with zero attached hydrogens (tertiary/aromatic N) is 2. The average molecular weight is 252 g/mol. The summed E-state index contributed by atoms with van der Waals surface area (Å²) >= 11 is 0. The number of carbonyl (C=O) groups excluding carboxylic acids is 1. The molecule has 0 saturated heterocycles. The van der Waals surface area contributed by atoms with Gasteiger partial charge in [-0.1, -0.05) is 0 Å². The zero-order valence-electron chi connectivity index (χ0n) is 8.91. The highest BCUT2D eigenvalue weighted by Gasteiger charge is 2.24. The minimum Gasteiger partial charge on any atom is -0.480 e. The number of aromatic amines is 1. The third-order valence-electron chi connectivity index (χ3n) is 2.10. The number of carbonyl (C=O) groups is 2. The van der Waals surface area contributed by atoms with Crippen LogP contribution in [0, 0.1) is 11.3 Å². The molecule has 1 heterocycles. The maximum atomic E-state index is 11.4. The van der Waals surface area contributed by atoms with E-state index < -0.39 is 41.2 Å². The lowest BCUT2D eigenvalue weighted by atomic mass is 10.2. The van der Waals surface area contributed by atoms with Gasteiger partial charge >= 0.3 is 11.7 Å². The van der Waals surface area contributed by atoms with Gasteiger partial charge in [0.25, 0.3) is 5.56 Å². The van der Waals surface area contributed by atoms with Gasteiger partial charge in [0.2, 0.25) is 5.91 Å². The molecule has 0 saturated carbocycles.